The van der Waals surface area contributed by atoms with Gasteiger partial charge in [0.2, 0.25) is 0 Å². The number of hydrogen-bond acceptors (Lipinski definition) is 4. The lowest BCUT2D eigenvalue weighted by Crippen LogP contribution is -2.30. The zero-order valence-electron chi connectivity index (χ0n) is 11.1. The molecule has 2 aromatic carbocycles. The smallest absolute Gasteiger partial charge is 0.0901 e. The molecule has 2 aromatic rings. The fourth-order valence-corrected chi connectivity index (χ4v) is 3.49. The molecule has 0 aliphatic heterocycles. The minimum Gasteiger partial charge on any atom is -0.390 e. The molecule has 0 saturated heterocycles. The third-order valence-electron chi connectivity index (χ3n) is 2.77. The predicted octanol–water partition coefficient (Wildman–Crippen LogP) is 3.29. The van der Waals surface area contributed by atoms with Gasteiger partial charge in [0.05, 0.1) is 12.2 Å². The van der Waals surface area contributed by atoms with Crippen LogP contribution in [0.4, 0.5) is 0 Å². The summed E-state index contributed by atoms with van der Waals surface area (Å²) in [6.45, 7) is 0. The summed E-state index contributed by atoms with van der Waals surface area (Å²) < 4.78 is 0. The molecule has 4 heteroatoms. The van der Waals surface area contributed by atoms with Crippen LogP contribution >= 0.6 is 23.5 Å². The molecule has 0 spiro atoms. The highest BCUT2D eigenvalue weighted by Crippen LogP contribution is 2.22. The van der Waals surface area contributed by atoms with Gasteiger partial charge in [-0.05, 0) is 24.3 Å². The lowest BCUT2D eigenvalue weighted by Gasteiger charge is -2.17. The monoisotopic (exact) mass is 306 g/mol. The number of hydrogen-bond donors (Lipinski definition) is 2. The summed E-state index contributed by atoms with van der Waals surface area (Å²) in [7, 11) is 0. The number of thioether (sulfide) groups is 2. The van der Waals surface area contributed by atoms with Crippen molar-refractivity contribution in [2.45, 2.75) is 22.0 Å². The van der Waals surface area contributed by atoms with Crippen LogP contribution in [0.3, 0.4) is 0 Å². The van der Waals surface area contributed by atoms with Crippen molar-refractivity contribution in [2.24, 2.45) is 0 Å². The highest BCUT2D eigenvalue weighted by molar-refractivity contribution is 7.99. The first-order chi connectivity index (χ1) is 9.75. The summed E-state index contributed by atoms with van der Waals surface area (Å²) in [6.07, 6.45) is -1.42. The largest absolute Gasteiger partial charge is 0.390 e. The average Bonchev–Trinajstić information content (AvgIpc) is 2.52. The Morgan fingerprint density at radius 1 is 0.650 bits per heavy atom. The first kappa shape index (κ1) is 15.4. The van der Waals surface area contributed by atoms with Gasteiger partial charge in [-0.25, -0.2) is 0 Å². The van der Waals surface area contributed by atoms with Gasteiger partial charge in [-0.1, -0.05) is 36.4 Å². The fraction of sp³-hybridized carbons (Fsp3) is 0.250. The molecule has 2 nitrogen and oxygen atoms in total. The second-order valence-electron chi connectivity index (χ2n) is 4.38. The minimum absolute atomic E-state index is 0.501. The van der Waals surface area contributed by atoms with Crippen molar-refractivity contribution >= 4 is 23.5 Å². The van der Waals surface area contributed by atoms with E-state index in [0.717, 1.165) is 9.79 Å². The van der Waals surface area contributed by atoms with Gasteiger partial charge in [0, 0.05) is 21.3 Å². The maximum Gasteiger partial charge on any atom is 0.0901 e. The Balaban J connectivity index is 1.73. The zero-order valence-corrected chi connectivity index (χ0v) is 12.7. The molecule has 0 bridgehead atoms. The van der Waals surface area contributed by atoms with Crippen molar-refractivity contribution in [3.63, 3.8) is 0 Å². The van der Waals surface area contributed by atoms with Crippen LogP contribution in [0.25, 0.3) is 0 Å². The summed E-state index contributed by atoms with van der Waals surface area (Å²) in [6, 6.07) is 19.8. The average molecular weight is 306 g/mol. The quantitative estimate of drug-likeness (QED) is 0.770. The Hall–Kier alpha value is -0.940. The molecule has 0 saturated carbocycles. The van der Waals surface area contributed by atoms with Gasteiger partial charge in [-0.15, -0.1) is 23.5 Å². The minimum atomic E-state index is -0.712. The van der Waals surface area contributed by atoms with Crippen molar-refractivity contribution in [1.29, 1.82) is 0 Å². The second kappa shape index (κ2) is 8.37. The van der Waals surface area contributed by atoms with Gasteiger partial charge in [0.15, 0.2) is 0 Å². The van der Waals surface area contributed by atoms with E-state index in [2.05, 4.69) is 0 Å². The van der Waals surface area contributed by atoms with Crippen LogP contribution in [0.5, 0.6) is 0 Å². The number of aliphatic hydroxyl groups is 2. The topological polar surface area (TPSA) is 40.5 Å². The van der Waals surface area contributed by atoms with Crippen LogP contribution in [0.2, 0.25) is 0 Å². The van der Waals surface area contributed by atoms with Crippen molar-refractivity contribution in [2.75, 3.05) is 11.5 Å². The summed E-state index contributed by atoms with van der Waals surface area (Å²) in [4.78, 5) is 2.21. The Bertz CT molecular complexity index is 443. The second-order valence-corrected chi connectivity index (χ2v) is 6.57. The molecule has 2 rings (SSSR count). The van der Waals surface area contributed by atoms with Crippen LogP contribution in [-0.2, 0) is 0 Å². The van der Waals surface area contributed by atoms with Crippen LogP contribution in [0, 0.1) is 0 Å². The van der Waals surface area contributed by atoms with Gasteiger partial charge in [-0.3, -0.25) is 0 Å². The molecule has 106 valence electrons. The highest BCUT2D eigenvalue weighted by atomic mass is 32.2. The molecule has 0 aromatic heterocycles. The van der Waals surface area contributed by atoms with Crippen molar-refractivity contribution in [3.8, 4) is 0 Å². The van der Waals surface area contributed by atoms with E-state index in [4.69, 9.17) is 0 Å². The molecule has 0 aliphatic carbocycles. The van der Waals surface area contributed by atoms with Crippen LogP contribution < -0.4 is 0 Å². The van der Waals surface area contributed by atoms with E-state index in [1.165, 1.54) is 0 Å². The van der Waals surface area contributed by atoms with E-state index in [-0.39, 0.29) is 0 Å². The summed E-state index contributed by atoms with van der Waals surface area (Å²) in [5.74, 6) is 1.00. The van der Waals surface area contributed by atoms with E-state index < -0.39 is 12.2 Å². The first-order valence-corrected chi connectivity index (χ1v) is 8.44. The van der Waals surface area contributed by atoms with E-state index in [1.807, 2.05) is 60.7 Å². The Labute approximate surface area is 128 Å². The van der Waals surface area contributed by atoms with Crippen molar-refractivity contribution in [1.82, 2.24) is 0 Å². The van der Waals surface area contributed by atoms with Gasteiger partial charge in [-0.2, -0.15) is 0 Å². The number of rotatable bonds is 7. The molecular weight excluding hydrogens is 288 g/mol. The SMILES string of the molecule is O[C@@H](CSc1ccccc1)[C@@H](O)CSc1ccccc1. The normalized spacial score (nSPS) is 13.9. The molecular formula is C16H18O2S2. The molecule has 0 heterocycles. The number of aliphatic hydroxyl groups excluding tert-OH is 2. The fourth-order valence-electron chi connectivity index (χ4n) is 1.62. The Kier molecular flexibility index (Phi) is 6.47. The maximum atomic E-state index is 9.97. The molecule has 0 aliphatic rings. The van der Waals surface area contributed by atoms with Crippen molar-refractivity contribution < 1.29 is 10.2 Å². The van der Waals surface area contributed by atoms with E-state index in [0.29, 0.717) is 11.5 Å². The predicted molar refractivity (Wildman–Crippen MR) is 86.3 cm³/mol. The van der Waals surface area contributed by atoms with E-state index >= 15 is 0 Å². The summed E-state index contributed by atoms with van der Waals surface area (Å²) in [5, 5.41) is 19.9. The molecule has 0 fully saturated rings. The lowest BCUT2D eigenvalue weighted by molar-refractivity contribution is 0.0500. The molecule has 0 unspecified atom stereocenters. The summed E-state index contributed by atoms with van der Waals surface area (Å²) in [5.41, 5.74) is 0. The van der Waals surface area contributed by atoms with Gasteiger partial charge in [0.1, 0.15) is 0 Å². The van der Waals surface area contributed by atoms with Gasteiger partial charge in [0.25, 0.3) is 0 Å². The van der Waals surface area contributed by atoms with Crippen LogP contribution in [-0.4, -0.2) is 33.9 Å². The standard InChI is InChI=1S/C16H18O2S2/c17-15(11-19-13-7-3-1-4-8-13)16(18)12-20-14-9-5-2-6-10-14/h1-10,15-18H,11-12H2/t15-,16-/m0/s1. The van der Waals surface area contributed by atoms with Gasteiger partial charge < -0.3 is 10.2 Å². The number of benzene rings is 2. The van der Waals surface area contributed by atoms with E-state index in [9.17, 15) is 10.2 Å². The van der Waals surface area contributed by atoms with Gasteiger partial charge >= 0.3 is 0 Å². The molecule has 2 atom stereocenters. The van der Waals surface area contributed by atoms with Crippen molar-refractivity contribution in [3.05, 3.63) is 60.7 Å². The first-order valence-electron chi connectivity index (χ1n) is 6.47. The van der Waals surface area contributed by atoms with Crippen LogP contribution in [0.15, 0.2) is 70.5 Å². The Morgan fingerprint density at radius 2 is 1.00 bits per heavy atom. The maximum absolute atomic E-state index is 9.97. The van der Waals surface area contributed by atoms with E-state index in [1.54, 1.807) is 23.5 Å². The zero-order chi connectivity index (χ0) is 14.2. The molecule has 0 radical (unpaired) electrons. The Morgan fingerprint density at radius 3 is 1.35 bits per heavy atom. The molecule has 2 N–H and O–H groups in total. The molecule has 20 heavy (non-hydrogen) atoms. The van der Waals surface area contributed by atoms with Crippen LogP contribution in [0.1, 0.15) is 0 Å². The summed E-state index contributed by atoms with van der Waals surface area (Å²) >= 11 is 3.12. The third kappa shape index (κ3) is 5.21. The molecule has 0 amide bonds. The third-order valence-corrected chi connectivity index (χ3v) is 5.00. The lowest BCUT2D eigenvalue weighted by atomic mass is 10.3. The highest BCUT2D eigenvalue weighted by Gasteiger charge is 2.16.